The molecule has 0 aliphatic carbocycles. The predicted octanol–water partition coefficient (Wildman–Crippen LogP) is 0.489. The van der Waals surface area contributed by atoms with Crippen molar-refractivity contribution in [2.24, 2.45) is 0 Å². The first kappa shape index (κ1) is 15.7. The van der Waals surface area contributed by atoms with Gasteiger partial charge >= 0.3 is 12.0 Å². The minimum absolute atomic E-state index is 0.0268. The Morgan fingerprint density at radius 1 is 1.29 bits per heavy atom. The molecule has 6 nitrogen and oxygen atoms in total. The zero-order valence-electron chi connectivity index (χ0n) is 11.0. The first-order valence-electron chi connectivity index (χ1n) is 5.81. The number of nitrogens with zero attached hydrogens (tertiary/aromatic N) is 1. The highest BCUT2D eigenvalue weighted by Crippen LogP contribution is 1.96. The van der Waals surface area contributed by atoms with Crippen molar-refractivity contribution in [3.05, 3.63) is 0 Å². The van der Waals surface area contributed by atoms with Crippen molar-refractivity contribution in [2.75, 3.05) is 20.6 Å². The number of aliphatic carboxylic acids is 1. The van der Waals surface area contributed by atoms with E-state index >= 15 is 0 Å². The number of urea groups is 1. The van der Waals surface area contributed by atoms with Crippen LogP contribution in [-0.2, 0) is 4.79 Å². The molecule has 0 aromatic rings. The van der Waals surface area contributed by atoms with Gasteiger partial charge in [-0.2, -0.15) is 0 Å². The van der Waals surface area contributed by atoms with Gasteiger partial charge in [0.2, 0.25) is 0 Å². The van der Waals surface area contributed by atoms with Crippen molar-refractivity contribution in [1.82, 2.24) is 15.5 Å². The molecule has 0 bridgehead atoms. The summed E-state index contributed by atoms with van der Waals surface area (Å²) in [4.78, 5) is 24.3. The summed E-state index contributed by atoms with van der Waals surface area (Å²) in [6.45, 7) is 4.46. The molecule has 0 heterocycles. The average molecular weight is 245 g/mol. The van der Waals surface area contributed by atoms with Gasteiger partial charge in [0.05, 0.1) is 0 Å². The molecule has 0 spiro atoms. The topological polar surface area (TPSA) is 81.7 Å². The number of carbonyl (C=O) groups excluding carboxylic acids is 1. The van der Waals surface area contributed by atoms with E-state index < -0.39 is 18.0 Å². The monoisotopic (exact) mass is 245 g/mol. The second-order valence-corrected chi connectivity index (χ2v) is 4.46. The third-order valence-corrected chi connectivity index (χ3v) is 2.20. The van der Waals surface area contributed by atoms with E-state index in [9.17, 15) is 9.59 Å². The molecule has 0 aliphatic rings. The van der Waals surface area contributed by atoms with Gasteiger partial charge in [-0.15, -0.1) is 0 Å². The molecule has 100 valence electrons. The molecule has 0 radical (unpaired) electrons. The van der Waals surface area contributed by atoms with Crippen molar-refractivity contribution in [1.29, 1.82) is 0 Å². The third kappa shape index (κ3) is 7.57. The van der Waals surface area contributed by atoms with Crippen molar-refractivity contribution in [3.63, 3.8) is 0 Å². The Morgan fingerprint density at radius 3 is 2.29 bits per heavy atom. The Balaban J connectivity index is 4.09. The van der Waals surface area contributed by atoms with Crippen LogP contribution in [0.4, 0.5) is 4.79 Å². The molecule has 0 aliphatic heterocycles. The Bertz CT molecular complexity index is 256. The molecule has 0 fully saturated rings. The molecule has 0 aromatic heterocycles. The minimum atomic E-state index is -0.998. The molecule has 2 atom stereocenters. The molecule has 6 heteroatoms. The SMILES string of the molecule is CCC[C@H](NC(=O)NC(C)CN(C)C)C(=O)O. The number of nitrogens with one attached hydrogen (secondary N) is 2. The van der Waals surface area contributed by atoms with Gasteiger partial charge < -0.3 is 20.6 Å². The van der Waals surface area contributed by atoms with Crippen LogP contribution < -0.4 is 10.6 Å². The molecular weight excluding hydrogens is 222 g/mol. The van der Waals surface area contributed by atoms with Gasteiger partial charge in [0.25, 0.3) is 0 Å². The predicted molar refractivity (Wildman–Crippen MR) is 66.0 cm³/mol. The number of carboxylic acids is 1. The molecule has 0 rings (SSSR count). The summed E-state index contributed by atoms with van der Waals surface area (Å²) in [6, 6.07) is -1.27. The number of amides is 2. The summed E-state index contributed by atoms with van der Waals surface area (Å²) >= 11 is 0. The number of rotatable bonds is 7. The maximum absolute atomic E-state index is 11.5. The summed E-state index contributed by atoms with van der Waals surface area (Å²) in [5.41, 5.74) is 0. The summed E-state index contributed by atoms with van der Waals surface area (Å²) in [7, 11) is 3.82. The van der Waals surface area contributed by atoms with E-state index in [2.05, 4.69) is 10.6 Å². The lowest BCUT2D eigenvalue weighted by Crippen LogP contribution is -2.50. The molecule has 0 aromatic carbocycles. The lowest BCUT2D eigenvalue weighted by Gasteiger charge is -2.20. The quantitative estimate of drug-likeness (QED) is 0.609. The number of likely N-dealkylation sites (N-methyl/N-ethyl adjacent to an activating group) is 1. The first-order valence-corrected chi connectivity index (χ1v) is 5.81. The van der Waals surface area contributed by atoms with Crippen LogP contribution >= 0.6 is 0 Å². The summed E-state index contributed by atoms with van der Waals surface area (Å²) in [5, 5.41) is 14.0. The van der Waals surface area contributed by atoms with Crippen LogP contribution in [0.15, 0.2) is 0 Å². The zero-order valence-corrected chi connectivity index (χ0v) is 11.0. The minimum Gasteiger partial charge on any atom is -0.480 e. The van der Waals surface area contributed by atoms with Gasteiger partial charge in [-0.3, -0.25) is 0 Å². The van der Waals surface area contributed by atoms with E-state index in [0.717, 1.165) is 0 Å². The zero-order chi connectivity index (χ0) is 13.4. The van der Waals surface area contributed by atoms with Crippen LogP contribution in [0, 0.1) is 0 Å². The van der Waals surface area contributed by atoms with Crippen LogP contribution in [0.2, 0.25) is 0 Å². The van der Waals surface area contributed by atoms with Crippen molar-refractivity contribution in [2.45, 2.75) is 38.8 Å². The van der Waals surface area contributed by atoms with Crippen LogP contribution in [0.25, 0.3) is 0 Å². The Morgan fingerprint density at radius 2 is 1.88 bits per heavy atom. The largest absolute Gasteiger partial charge is 0.480 e. The maximum Gasteiger partial charge on any atom is 0.326 e. The van der Waals surface area contributed by atoms with Gasteiger partial charge in [-0.05, 0) is 27.4 Å². The fraction of sp³-hybridized carbons (Fsp3) is 0.818. The molecular formula is C11H23N3O3. The van der Waals surface area contributed by atoms with Crippen LogP contribution in [0.5, 0.6) is 0 Å². The second-order valence-electron chi connectivity index (χ2n) is 4.46. The second kappa shape index (κ2) is 7.89. The maximum atomic E-state index is 11.5. The first-order chi connectivity index (χ1) is 7.86. The number of carboxylic acid groups (broad SMARTS) is 1. The van der Waals surface area contributed by atoms with E-state index in [4.69, 9.17) is 5.11 Å². The van der Waals surface area contributed by atoms with Crippen LogP contribution in [0.1, 0.15) is 26.7 Å². The van der Waals surface area contributed by atoms with Crippen molar-refractivity contribution >= 4 is 12.0 Å². The normalized spacial score (nSPS) is 14.2. The summed E-state index contributed by atoms with van der Waals surface area (Å²) < 4.78 is 0. The molecule has 0 saturated heterocycles. The van der Waals surface area contributed by atoms with Crippen LogP contribution in [-0.4, -0.2) is 54.7 Å². The van der Waals surface area contributed by atoms with E-state index in [1.54, 1.807) is 0 Å². The van der Waals surface area contributed by atoms with Gasteiger partial charge in [0, 0.05) is 12.6 Å². The molecule has 1 unspecified atom stereocenters. The van der Waals surface area contributed by atoms with Gasteiger partial charge in [0.1, 0.15) is 6.04 Å². The van der Waals surface area contributed by atoms with Gasteiger partial charge in [0.15, 0.2) is 0 Å². The standard InChI is InChI=1S/C11H23N3O3/c1-5-6-9(10(15)16)13-11(17)12-8(2)7-14(3)4/h8-9H,5-7H2,1-4H3,(H,15,16)(H2,12,13,17)/t8?,9-/m0/s1. The summed E-state index contributed by atoms with van der Waals surface area (Å²) in [6.07, 6.45) is 1.15. The lowest BCUT2D eigenvalue weighted by atomic mass is 10.2. The average Bonchev–Trinajstić information content (AvgIpc) is 2.14. The Hall–Kier alpha value is -1.30. The fourth-order valence-corrected chi connectivity index (χ4v) is 1.56. The third-order valence-electron chi connectivity index (χ3n) is 2.20. The highest BCUT2D eigenvalue weighted by molar-refractivity contribution is 5.82. The smallest absolute Gasteiger partial charge is 0.326 e. The Labute approximate surface area is 102 Å². The van der Waals surface area contributed by atoms with E-state index in [1.807, 2.05) is 32.8 Å². The molecule has 3 N–H and O–H groups in total. The van der Waals surface area contributed by atoms with Gasteiger partial charge in [-0.25, -0.2) is 9.59 Å². The molecule has 2 amide bonds. The van der Waals surface area contributed by atoms with E-state index in [1.165, 1.54) is 0 Å². The fourth-order valence-electron chi connectivity index (χ4n) is 1.56. The van der Waals surface area contributed by atoms with Crippen LogP contribution in [0.3, 0.4) is 0 Å². The van der Waals surface area contributed by atoms with E-state index in [0.29, 0.717) is 19.4 Å². The number of carbonyl (C=O) groups is 2. The Kier molecular flexibility index (Phi) is 7.29. The number of hydrogen-bond acceptors (Lipinski definition) is 3. The van der Waals surface area contributed by atoms with E-state index in [-0.39, 0.29) is 6.04 Å². The highest BCUT2D eigenvalue weighted by Gasteiger charge is 2.19. The lowest BCUT2D eigenvalue weighted by molar-refractivity contribution is -0.139. The highest BCUT2D eigenvalue weighted by atomic mass is 16.4. The molecule has 17 heavy (non-hydrogen) atoms. The molecule has 0 saturated carbocycles. The summed E-state index contributed by atoms with van der Waals surface area (Å²) in [5.74, 6) is -0.998. The number of hydrogen-bond donors (Lipinski definition) is 3. The van der Waals surface area contributed by atoms with Crippen molar-refractivity contribution < 1.29 is 14.7 Å². The van der Waals surface area contributed by atoms with Crippen molar-refractivity contribution in [3.8, 4) is 0 Å². The van der Waals surface area contributed by atoms with Gasteiger partial charge in [-0.1, -0.05) is 13.3 Å².